The van der Waals surface area contributed by atoms with Gasteiger partial charge in [-0.25, -0.2) is 4.79 Å². The van der Waals surface area contributed by atoms with Gasteiger partial charge in [-0.2, -0.15) is 0 Å². The van der Waals surface area contributed by atoms with Crippen molar-refractivity contribution in [2.75, 3.05) is 0 Å². The van der Waals surface area contributed by atoms with Gasteiger partial charge in [0.2, 0.25) is 0 Å². The van der Waals surface area contributed by atoms with Crippen LogP contribution in [0.2, 0.25) is 5.02 Å². The molecule has 0 aliphatic heterocycles. The van der Waals surface area contributed by atoms with Crippen LogP contribution < -0.4 is 10.6 Å². The van der Waals surface area contributed by atoms with Gasteiger partial charge >= 0.3 is 6.03 Å². The second-order valence-corrected chi connectivity index (χ2v) is 4.56. The Bertz CT molecular complexity index is 540. The monoisotopic (exact) mass is 278 g/mol. The van der Waals surface area contributed by atoms with Gasteiger partial charge in [0.05, 0.1) is 18.8 Å². The SMILES string of the molecule is C[C@H](NC(=O)NCc1ccco1)c1ccccc1Cl. The summed E-state index contributed by atoms with van der Waals surface area (Å²) in [4.78, 5) is 11.7. The van der Waals surface area contributed by atoms with E-state index in [1.165, 1.54) is 0 Å². The highest BCUT2D eigenvalue weighted by Crippen LogP contribution is 2.21. The van der Waals surface area contributed by atoms with Gasteiger partial charge in [0.15, 0.2) is 0 Å². The molecule has 0 spiro atoms. The molecule has 2 amide bonds. The van der Waals surface area contributed by atoms with Crippen molar-refractivity contribution in [3.63, 3.8) is 0 Å². The zero-order valence-corrected chi connectivity index (χ0v) is 11.3. The fourth-order valence-electron chi connectivity index (χ4n) is 1.73. The number of urea groups is 1. The molecule has 0 bridgehead atoms. The fraction of sp³-hybridized carbons (Fsp3) is 0.214. The first kappa shape index (κ1) is 13.5. The summed E-state index contributed by atoms with van der Waals surface area (Å²) in [6, 6.07) is 10.6. The van der Waals surface area contributed by atoms with Gasteiger partial charge in [0.25, 0.3) is 0 Å². The topological polar surface area (TPSA) is 54.3 Å². The van der Waals surface area contributed by atoms with E-state index in [-0.39, 0.29) is 12.1 Å². The molecule has 4 nitrogen and oxygen atoms in total. The van der Waals surface area contributed by atoms with Gasteiger partial charge in [-0.3, -0.25) is 0 Å². The van der Waals surface area contributed by atoms with Crippen molar-refractivity contribution in [2.45, 2.75) is 19.5 Å². The first-order valence-electron chi connectivity index (χ1n) is 5.98. The maximum atomic E-state index is 11.7. The van der Waals surface area contributed by atoms with E-state index < -0.39 is 0 Å². The Morgan fingerprint density at radius 3 is 2.79 bits per heavy atom. The largest absolute Gasteiger partial charge is 0.467 e. The second-order valence-electron chi connectivity index (χ2n) is 4.15. The van der Waals surface area contributed by atoms with Gasteiger partial charge in [0.1, 0.15) is 5.76 Å². The van der Waals surface area contributed by atoms with E-state index in [4.69, 9.17) is 16.0 Å². The van der Waals surface area contributed by atoms with Crippen LogP contribution in [0.25, 0.3) is 0 Å². The first-order valence-corrected chi connectivity index (χ1v) is 6.36. The van der Waals surface area contributed by atoms with Crippen LogP contribution in [-0.2, 0) is 6.54 Å². The molecule has 0 saturated heterocycles. The van der Waals surface area contributed by atoms with Crippen LogP contribution in [0.1, 0.15) is 24.3 Å². The van der Waals surface area contributed by atoms with Gasteiger partial charge in [-0.1, -0.05) is 29.8 Å². The molecule has 0 saturated carbocycles. The molecule has 0 aliphatic carbocycles. The van der Waals surface area contributed by atoms with E-state index in [0.717, 1.165) is 5.56 Å². The predicted molar refractivity (Wildman–Crippen MR) is 73.9 cm³/mol. The molecule has 1 aromatic heterocycles. The highest BCUT2D eigenvalue weighted by atomic mass is 35.5. The summed E-state index contributed by atoms with van der Waals surface area (Å²) < 4.78 is 5.13. The summed E-state index contributed by atoms with van der Waals surface area (Å²) in [6.07, 6.45) is 1.57. The summed E-state index contributed by atoms with van der Waals surface area (Å²) >= 11 is 6.07. The number of amides is 2. The molecule has 0 radical (unpaired) electrons. The van der Waals surface area contributed by atoms with E-state index in [1.54, 1.807) is 24.5 Å². The van der Waals surface area contributed by atoms with Crippen LogP contribution in [-0.4, -0.2) is 6.03 Å². The lowest BCUT2D eigenvalue weighted by molar-refractivity contribution is 0.236. The molecule has 1 aromatic carbocycles. The van der Waals surface area contributed by atoms with E-state index in [0.29, 0.717) is 17.3 Å². The third-order valence-electron chi connectivity index (χ3n) is 2.72. The summed E-state index contributed by atoms with van der Waals surface area (Å²) in [5.41, 5.74) is 0.886. The molecule has 2 rings (SSSR count). The number of halogens is 1. The van der Waals surface area contributed by atoms with E-state index in [1.807, 2.05) is 25.1 Å². The molecule has 0 unspecified atom stereocenters. The number of rotatable bonds is 4. The van der Waals surface area contributed by atoms with E-state index >= 15 is 0 Å². The summed E-state index contributed by atoms with van der Waals surface area (Å²) in [5, 5.41) is 6.18. The number of hydrogen-bond donors (Lipinski definition) is 2. The molecule has 5 heteroatoms. The van der Waals surface area contributed by atoms with Crippen LogP contribution in [0.3, 0.4) is 0 Å². The zero-order valence-electron chi connectivity index (χ0n) is 10.5. The van der Waals surface area contributed by atoms with Crippen molar-refractivity contribution in [2.24, 2.45) is 0 Å². The Hall–Kier alpha value is -1.94. The molecular weight excluding hydrogens is 264 g/mol. The van der Waals surface area contributed by atoms with E-state index in [2.05, 4.69) is 10.6 Å². The minimum Gasteiger partial charge on any atom is -0.467 e. The van der Waals surface area contributed by atoms with Gasteiger partial charge in [0, 0.05) is 5.02 Å². The van der Waals surface area contributed by atoms with Crippen LogP contribution in [0.4, 0.5) is 4.79 Å². The number of furan rings is 1. The smallest absolute Gasteiger partial charge is 0.315 e. The predicted octanol–water partition coefficient (Wildman–Crippen LogP) is 3.49. The number of nitrogens with one attached hydrogen (secondary N) is 2. The Labute approximate surface area is 116 Å². The average Bonchev–Trinajstić information content (AvgIpc) is 2.90. The third kappa shape index (κ3) is 3.76. The molecular formula is C14H15ClN2O2. The van der Waals surface area contributed by atoms with Crippen LogP contribution in [0.5, 0.6) is 0 Å². The van der Waals surface area contributed by atoms with Crippen molar-refractivity contribution in [3.8, 4) is 0 Å². The molecule has 19 heavy (non-hydrogen) atoms. The van der Waals surface area contributed by atoms with Crippen LogP contribution in [0.15, 0.2) is 47.1 Å². The van der Waals surface area contributed by atoms with Gasteiger partial charge < -0.3 is 15.1 Å². The average molecular weight is 279 g/mol. The number of hydrogen-bond acceptors (Lipinski definition) is 2. The molecule has 0 fully saturated rings. The second kappa shape index (κ2) is 6.29. The molecule has 2 N–H and O–H groups in total. The lowest BCUT2D eigenvalue weighted by Crippen LogP contribution is -2.36. The summed E-state index contributed by atoms with van der Waals surface area (Å²) in [6.45, 7) is 2.24. The zero-order chi connectivity index (χ0) is 13.7. The molecule has 2 aromatic rings. The first-order chi connectivity index (χ1) is 9.16. The maximum absolute atomic E-state index is 11.7. The minimum absolute atomic E-state index is 0.162. The maximum Gasteiger partial charge on any atom is 0.315 e. The van der Waals surface area contributed by atoms with E-state index in [9.17, 15) is 4.79 Å². The standard InChI is InChI=1S/C14H15ClN2O2/c1-10(12-6-2-3-7-13(12)15)17-14(18)16-9-11-5-4-8-19-11/h2-8,10H,9H2,1H3,(H2,16,17,18)/t10-/m0/s1. The minimum atomic E-state index is -0.260. The summed E-state index contributed by atoms with van der Waals surface area (Å²) in [7, 11) is 0. The Morgan fingerprint density at radius 1 is 1.32 bits per heavy atom. The highest BCUT2D eigenvalue weighted by molar-refractivity contribution is 6.31. The van der Waals surface area contributed by atoms with Crippen molar-refractivity contribution in [1.29, 1.82) is 0 Å². The Morgan fingerprint density at radius 2 is 2.11 bits per heavy atom. The van der Waals surface area contributed by atoms with Gasteiger partial charge in [-0.05, 0) is 30.7 Å². The van der Waals surface area contributed by atoms with Crippen LogP contribution >= 0.6 is 11.6 Å². The molecule has 1 heterocycles. The van der Waals surface area contributed by atoms with Crippen molar-refractivity contribution in [3.05, 3.63) is 59.0 Å². The van der Waals surface area contributed by atoms with Crippen molar-refractivity contribution < 1.29 is 9.21 Å². The quantitative estimate of drug-likeness (QED) is 0.899. The number of benzene rings is 1. The van der Waals surface area contributed by atoms with Crippen LogP contribution in [0, 0.1) is 0 Å². The Kier molecular flexibility index (Phi) is 4.47. The molecule has 100 valence electrons. The van der Waals surface area contributed by atoms with Gasteiger partial charge in [-0.15, -0.1) is 0 Å². The van der Waals surface area contributed by atoms with Crippen molar-refractivity contribution in [1.82, 2.24) is 10.6 Å². The number of carbonyl (C=O) groups excluding carboxylic acids is 1. The summed E-state index contributed by atoms with van der Waals surface area (Å²) in [5.74, 6) is 0.709. The third-order valence-corrected chi connectivity index (χ3v) is 3.07. The lowest BCUT2D eigenvalue weighted by Gasteiger charge is -2.15. The Balaban J connectivity index is 1.87. The molecule has 1 atom stereocenters. The number of carbonyl (C=O) groups is 1. The molecule has 0 aliphatic rings. The highest BCUT2D eigenvalue weighted by Gasteiger charge is 2.11. The van der Waals surface area contributed by atoms with Crippen molar-refractivity contribution >= 4 is 17.6 Å². The lowest BCUT2D eigenvalue weighted by atomic mass is 10.1. The fourth-order valence-corrected chi connectivity index (χ4v) is 2.03. The normalized spacial score (nSPS) is 11.9.